The lowest BCUT2D eigenvalue weighted by Crippen LogP contribution is -2.39. The highest BCUT2D eigenvalue weighted by Crippen LogP contribution is 2.49. The lowest BCUT2D eigenvalue weighted by Gasteiger charge is -2.25. The Kier molecular flexibility index (Phi) is 5.30. The maximum Gasteiger partial charge on any atom is 0.0766 e. The van der Waals surface area contributed by atoms with Gasteiger partial charge in [-0.3, -0.25) is 4.68 Å². The number of hydrogen-bond acceptors (Lipinski definition) is 2. The Morgan fingerprint density at radius 1 is 1.35 bits per heavy atom. The van der Waals surface area contributed by atoms with Crippen LogP contribution < -0.4 is 5.32 Å². The van der Waals surface area contributed by atoms with Gasteiger partial charge in [0.2, 0.25) is 0 Å². The molecule has 2 rings (SSSR count). The Balaban J connectivity index is 2.19. The highest BCUT2D eigenvalue weighted by Gasteiger charge is 2.44. The van der Waals surface area contributed by atoms with Gasteiger partial charge in [0.05, 0.1) is 15.9 Å². The Morgan fingerprint density at radius 3 is 2.55 bits per heavy atom. The zero-order valence-electron chi connectivity index (χ0n) is 13.3. The fraction of sp³-hybridized carbons (Fsp3) is 0.812. The summed E-state index contributed by atoms with van der Waals surface area (Å²) in [5, 5.41) is 8.49. The molecule has 1 aromatic rings. The Hall–Kier alpha value is -0.350. The van der Waals surface area contributed by atoms with E-state index in [-0.39, 0.29) is 0 Å². The Morgan fingerprint density at radius 2 is 2.05 bits per heavy atom. The lowest BCUT2D eigenvalue weighted by molar-refractivity contribution is 0.346. The smallest absolute Gasteiger partial charge is 0.0766 e. The van der Waals surface area contributed by atoms with E-state index < -0.39 is 0 Å². The molecule has 0 aliphatic heterocycles. The third-order valence-corrected chi connectivity index (χ3v) is 5.53. The van der Waals surface area contributed by atoms with Crippen molar-refractivity contribution in [1.82, 2.24) is 15.1 Å². The molecule has 1 heterocycles. The van der Waals surface area contributed by atoms with Gasteiger partial charge in [0.25, 0.3) is 0 Å². The van der Waals surface area contributed by atoms with E-state index in [2.05, 4.69) is 53.6 Å². The number of rotatable bonds is 8. The number of aromatic nitrogens is 2. The van der Waals surface area contributed by atoms with E-state index in [0.29, 0.717) is 11.5 Å². The molecular weight excluding hydrogens is 314 g/mol. The van der Waals surface area contributed by atoms with Crippen molar-refractivity contribution in [3.8, 4) is 0 Å². The number of nitrogens with one attached hydrogen (secondary N) is 1. The fourth-order valence-corrected chi connectivity index (χ4v) is 3.56. The van der Waals surface area contributed by atoms with Crippen LogP contribution in [-0.4, -0.2) is 22.4 Å². The highest BCUT2D eigenvalue weighted by molar-refractivity contribution is 9.10. The summed E-state index contributed by atoms with van der Waals surface area (Å²) in [5.74, 6) is 0. The molecule has 0 amide bonds. The minimum atomic E-state index is 0.490. The van der Waals surface area contributed by atoms with E-state index in [1.807, 2.05) is 0 Å². The first kappa shape index (κ1) is 16.0. The van der Waals surface area contributed by atoms with Gasteiger partial charge in [-0.1, -0.05) is 20.8 Å². The van der Waals surface area contributed by atoms with E-state index in [0.717, 1.165) is 25.9 Å². The summed E-state index contributed by atoms with van der Waals surface area (Å²) in [4.78, 5) is 0. The van der Waals surface area contributed by atoms with E-state index in [1.165, 1.54) is 35.1 Å². The summed E-state index contributed by atoms with van der Waals surface area (Å²) in [7, 11) is 0. The molecule has 1 unspecified atom stereocenters. The van der Waals surface area contributed by atoms with E-state index >= 15 is 0 Å². The maximum absolute atomic E-state index is 4.72. The highest BCUT2D eigenvalue weighted by atomic mass is 79.9. The minimum Gasteiger partial charge on any atom is -0.313 e. The van der Waals surface area contributed by atoms with Crippen molar-refractivity contribution in [2.45, 2.75) is 72.4 Å². The van der Waals surface area contributed by atoms with Crippen LogP contribution in [0, 0.1) is 5.41 Å². The lowest BCUT2D eigenvalue weighted by atomic mass is 9.94. The molecule has 114 valence electrons. The Bertz CT molecular complexity index is 449. The first-order valence-electron chi connectivity index (χ1n) is 8.03. The SMILES string of the molecule is CCCNC(Cc1c(Br)c(CC)nn1CC)C1(C)CC1. The second-order valence-corrected chi connectivity index (χ2v) is 7.03. The van der Waals surface area contributed by atoms with Crippen molar-refractivity contribution in [2.75, 3.05) is 6.54 Å². The molecule has 1 aliphatic rings. The van der Waals surface area contributed by atoms with Crippen LogP contribution in [-0.2, 0) is 19.4 Å². The van der Waals surface area contributed by atoms with Crippen molar-refractivity contribution >= 4 is 15.9 Å². The second-order valence-electron chi connectivity index (χ2n) is 6.24. The van der Waals surface area contributed by atoms with Crippen molar-refractivity contribution in [1.29, 1.82) is 0 Å². The number of nitrogens with zero attached hydrogens (tertiary/aromatic N) is 2. The molecule has 0 radical (unpaired) electrons. The molecule has 3 nitrogen and oxygen atoms in total. The second kappa shape index (κ2) is 6.61. The molecule has 1 fully saturated rings. The topological polar surface area (TPSA) is 29.9 Å². The van der Waals surface area contributed by atoms with Gasteiger partial charge < -0.3 is 5.32 Å². The molecule has 0 saturated heterocycles. The summed E-state index contributed by atoms with van der Waals surface area (Å²) < 4.78 is 3.41. The zero-order valence-corrected chi connectivity index (χ0v) is 14.9. The predicted molar refractivity (Wildman–Crippen MR) is 88.1 cm³/mol. The first-order chi connectivity index (χ1) is 9.55. The maximum atomic E-state index is 4.72. The normalized spacial score (nSPS) is 18.2. The van der Waals surface area contributed by atoms with Crippen LogP contribution in [0.15, 0.2) is 4.47 Å². The number of aryl methyl sites for hydroxylation is 2. The van der Waals surface area contributed by atoms with Crippen LogP contribution in [0.25, 0.3) is 0 Å². The van der Waals surface area contributed by atoms with Gasteiger partial charge in [-0.15, -0.1) is 0 Å². The summed E-state index contributed by atoms with van der Waals surface area (Å²) in [6, 6.07) is 0.574. The molecule has 1 N–H and O–H groups in total. The first-order valence-corrected chi connectivity index (χ1v) is 8.82. The molecule has 0 aromatic carbocycles. The monoisotopic (exact) mass is 341 g/mol. The van der Waals surface area contributed by atoms with Crippen molar-refractivity contribution < 1.29 is 0 Å². The summed E-state index contributed by atoms with van der Waals surface area (Å²) >= 11 is 3.78. The van der Waals surface area contributed by atoms with Crippen LogP contribution in [0.5, 0.6) is 0 Å². The quantitative estimate of drug-likeness (QED) is 0.776. The van der Waals surface area contributed by atoms with Crippen LogP contribution in [0.3, 0.4) is 0 Å². The third-order valence-electron chi connectivity index (χ3n) is 4.61. The van der Waals surface area contributed by atoms with Gasteiger partial charge in [0, 0.05) is 19.0 Å². The molecule has 1 aliphatic carbocycles. The van der Waals surface area contributed by atoms with Gasteiger partial charge >= 0.3 is 0 Å². The van der Waals surface area contributed by atoms with Gasteiger partial charge in [0.1, 0.15) is 0 Å². The molecule has 1 aromatic heterocycles. The minimum absolute atomic E-state index is 0.490. The molecule has 1 atom stereocenters. The van der Waals surface area contributed by atoms with Crippen LogP contribution >= 0.6 is 15.9 Å². The summed E-state index contributed by atoms with van der Waals surface area (Å²) in [5.41, 5.74) is 3.05. The van der Waals surface area contributed by atoms with Crippen LogP contribution in [0.4, 0.5) is 0 Å². The molecule has 4 heteroatoms. The molecule has 20 heavy (non-hydrogen) atoms. The van der Waals surface area contributed by atoms with Gasteiger partial charge in [-0.05, 0) is 60.5 Å². The number of halogens is 1. The third kappa shape index (κ3) is 3.28. The summed E-state index contributed by atoms with van der Waals surface area (Å²) in [6.45, 7) is 11.1. The predicted octanol–water partition coefficient (Wildman–Crippen LogP) is 3.94. The molecule has 0 bridgehead atoms. The van der Waals surface area contributed by atoms with Gasteiger partial charge in [0.15, 0.2) is 0 Å². The van der Waals surface area contributed by atoms with E-state index in [9.17, 15) is 0 Å². The molecule has 0 spiro atoms. The van der Waals surface area contributed by atoms with Crippen molar-refractivity contribution in [3.63, 3.8) is 0 Å². The Labute approximate surface area is 131 Å². The van der Waals surface area contributed by atoms with E-state index in [4.69, 9.17) is 5.10 Å². The van der Waals surface area contributed by atoms with Crippen molar-refractivity contribution in [2.24, 2.45) is 5.41 Å². The van der Waals surface area contributed by atoms with Crippen LogP contribution in [0.2, 0.25) is 0 Å². The van der Waals surface area contributed by atoms with Gasteiger partial charge in [-0.2, -0.15) is 5.10 Å². The molecular formula is C16H28BrN3. The standard InChI is InChI=1S/C16H28BrN3/c1-5-10-18-14(16(4)8-9-16)11-13-15(17)12(6-2)19-20(13)7-3/h14,18H,5-11H2,1-4H3. The van der Waals surface area contributed by atoms with Crippen LogP contribution in [0.1, 0.15) is 58.3 Å². The van der Waals surface area contributed by atoms with Gasteiger partial charge in [-0.25, -0.2) is 0 Å². The average Bonchev–Trinajstić information content (AvgIpc) is 3.12. The largest absolute Gasteiger partial charge is 0.313 e. The van der Waals surface area contributed by atoms with Crippen molar-refractivity contribution in [3.05, 3.63) is 15.9 Å². The fourth-order valence-electron chi connectivity index (χ4n) is 2.83. The average molecular weight is 342 g/mol. The zero-order chi connectivity index (χ0) is 14.8. The number of hydrogen-bond donors (Lipinski definition) is 1. The van der Waals surface area contributed by atoms with E-state index in [1.54, 1.807) is 0 Å². The molecule has 1 saturated carbocycles. The summed E-state index contributed by atoms with van der Waals surface area (Å²) in [6.07, 6.45) is 5.98.